The average molecular weight is 365 g/mol. The fourth-order valence-corrected chi connectivity index (χ4v) is 3.83. The molecule has 0 bridgehead atoms. The highest BCUT2D eigenvalue weighted by molar-refractivity contribution is 8.01. The highest BCUT2D eigenvalue weighted by atomic mass is 32.2. The first-order valence-corrected chi connectivity index (χ1v) is 9.63. The fourth-order valence-electron chi connectivity index (χ4n) is 2.51. The van der Waals surface area contributed by atoms with Gasteiger partial charge in [0.05, 0.1) is 12.4 Å². The molecule has 1 aromatic heterocycles. The molecule has 1 aliphatic rings. The number of aromatic nitrogens is 2. The topological polar surface area (TPSA) is 73.3 Å². The molecule has 0 unspecified atom stereocenters. The second-order valence-electron chi connectivity index (χ2n) is 5.40. The number of rotatable bonds is 7. The lowest BCUT2D eigenvalue weighted by Crippen LogP contribution is -2.24. The van der Waals surface area contributed by atoms with E-state index >= 15 is 0 Å². The predicted molar refractivity (Wildman–Crippen MR) is 93.9 cm³/mol. The smallest absolute Gasteiger partial charge is 0.230 e. The number of ether oxygens (including phenoxy) is 2. The highest BCUT2D eigenvalue weighted by Gasteiger charge is 2.22. The Balaban J connectivity index is 1.61. The Kier molecular flexibility index (Phi) is 5.57. The van der Waals surface area contributed by atoms with Crippen LogP contribution in [-0.4, -0.2) is 34.6 Å². The van der Waals surface area contributed by atoms with E-state index in [1.54, 1.807) is 5.51 Å². The summed E-state index contributed by atoms with van der Waals surface area (Å²) >= 11 is 2.81. The average Bonchev–Trinajstić information content (AvgIpc) is 3.19. The van der Waals surface area contributed by atoms with Crippen molar-refractivity contribution in [2.45, 2.75) is 37.3 Å². The molecule has 0 saturated heterocycles. The largest absolute Gasteiger partial charge is 0.494 e. The van der Waals surface area contributed by atoms with E-state index in [2.05, 4.69) is 15.5 Å². The Morgan fingerprint density at radius 3 is 3.17 bits per heavy atom. The highest BCUT2D eigenvalue weighted by Crippen LogP contribution is 2.35. The number of fused-ring (bicyclic) bond motifs is 1. The molecule has 24 heavy (non-hydrogen) atoms. The van der Waals surface area contributed by atoms with E-state index in [0.717, 1.165) is 33.4 Å². The molecule has 1 amide bonds. The van der Waals surface area contributed by atoms with Crippen LogP contribution in [0.2, 0.25) is 0 Å². The van der Waals surface area contributed by atoms with Gasteiger partial charge in [0.1, 0.15) is 23.1 Å². The third-order valence-electron chi connectivity index (χ3n) is 3.52. The van der Waals surface area contributed by atoms with Crippen molar-refractivity contribution in [3.63, 3.8) is 0 Å². The van der Waals surface area contributed by atoms with Crippen molar-refractivity contribution in [1.82, 2.24) is 15.5 Å². The van der Waals surface area contributed by atoms with Crippen molar-refractivity contribution in [1.29, 1.82) is 0 Å². The minimum Gasteiger partial charge on any atom is -0.494 e. The first-order chi connectivity index (χ1) is 11.7. The third kappa shape index (κ3) is 4.18. The lowest BCUT2D eigenvalue weighted by molar-refractivity contribution is -0.118. The van der Waals surface area contributed by atoms with E-state index < -0.39 is 0 Å². The maximum atomic E-state index is 12.0. The summed E-state index contributed by atoms with van der Waals surface area (Å²) in [5, 5.41) is 10.6. The molecule has 2 heterocycles. The summed E-state index contributed by atoms with van der Waals surface area (Å²) in [6.07, 6.45) is 1.07. The summed E-state index contributed by atoms with van der Waals surface area (Å²) in [5.74, 6) is 1.97. The van der Waals surface area contributed by atoms with Gasteiger partial charge in [0.2, 0.25) is 5.91 Å². The molecule has 6 nitrogen and oxygen atoms in total. The zero-order chi connectivity index (χ0) is 16.9. The van der Waals surface area contributed by atoms with Gasteiger partial charge in [-0.15, -0.1) is 10.2 Å². The minimum absolute atomic E-state index is 0.0487. The molecule has 1 N–H and O–H groups in total. The van der Waals surface area contributed by atoms with E-state index in [4.69, 9.17) is 9.47 Å². The number of nitrogens with one attached hydrogen (secondary N) is 1. The van der Waals surface area contributed by atoms with Gasteiger partial charge in [0.25, 0.3) is 0 Å². The maximum Gasteiger partial charge on any atom is 0.230 e. The molecule has 0 fully saturated rings. The SMILES string of the molecule is CCOc1cc2c(cc1CNC(=O)CSc1nncs1)O[C@H](C)C2. The summed E-state index contributed by atoms with van der Waals surface area (Å²) in [5.41, 5.74) is 3.74. The molecule has 0 saturated carbocycles. The summed E-state index contributed by atoms with van der Waals surface area (Å²) in [4.78, 5) is 12.0. The number of amides is 1. The molecule has 3 rings (SSSR count). The van der Waals surface area contributed by atoms with Crippen LogP contribution < -0.4 is 14.8 Å². The normalized spacial score (nSPS) is 15.7. The first-order valence-electron chi connectivity index (χ1n) is 7.76. The molecule has 0 radical (unpaired) electrons. The van der Waals surface area contributed by atoms with Crippen LogP contribution in [0.4, 0.5) is 0 Å². The van der Waals surface area contributed by atoms with Gasteiger partial charge >= 0.3 is 0 Å². The van der Waals surface area contributed by atoms with Gasteiger partial charge in [-0.2, -0.15) is 0 Å². The van der Waals surface area contributed by atoms with E-state index in [9.17, 15) is 4.79 Å². The number of carbonyl (C=O) groups excluding carboxylic acids is 1. The van der Waals surface area contributed by atoms with Crippen LogP contribution in [0.5, 0.6) is 11.5 Å². The number of thioether (sulfide) groups is 1. The molecule has 2 aromatic rings. The second kappa shape index (κ2) is 7.85. The molecule has 8 heteroatoms. The Morgan fingerprint density at radius 1 is 1.54 bits per heavy atom. The van der Waals surface area contributed by atoms with Crippen molar-refractivity contribution in [3.05, 3.63) is 28.8 Å². The van der Waals surface area contributed by atoms with Crippen LogP contribution in [0, 0.1) is 0 Å². The van der Waals surface area contributed by atoms with Gasteiger partial charge in [0.15, 0.2) is 4.34 Å². The number of benzene rings is 1. The van der Waals surface area contributed by atoms with Gasteiger partial charge in [-0.05, 0) is 26.0 Å². The second-order valence-corrected chi connectivity index (χ2v) is 7.46. The molecule has 0 aliphatic carbocycles. The number of hydrogen-bond donors (Lipinski definition) is 1. The van der Waals surface area contributed by atoms with E-state index in [1.807, 2.05) is 26.0 Å². The Bertz CT molecular complexity index is 707. The van der Waals surface area contributed by atoms with Crippen LogP contribution in [0.3, 0.4) is 0 Å². The van der Waals surface area contributed by atoms with Crippen molar-refractivity contribution in [2.24, 2.45) is 0 Å². The lowest BCUT2D eigenvalue weighted by Gasteiger charge is -2.13. The quantitative estimate of drug-likeness (QED) is 0.761. The summed E-state index contributed by atoms with van der Waals surface area (Å²) in [6, 6.07) is 4.00. The molecular weight excluding hydrogens is 346 g/mol. The molecule has 1 aliphatic heterocycles. The van der Waals surface area contributed by atoms with Crippen LogP contribution in [-0.2, 0) is 17.8 Å². The number of carbonyl (C=O) groups is 1. The fraction of sp³-hybridized carbons (Fsp3) is 0.438. The van der Waals surface area contributed by atoms with Crippen LogP contribution in [0.25, 0.3) is 0 Å². The van der Waals surface area contributed by atoms with E-state index in [1.165, 1.54) is 23.1 Å². The van der Waals surface area contributed by atoms with Gasteiger partial charge in [-0.1, -0.05) is 23.1 Å². The first kappa shape index (κ1) is 17.0. The summed E-state index contributed by atoms with van der Waals surface area (Å²) in [7, 11) is 0. The summed E-state index contributed by atoms with van der Waals surface area (Å²) < 4.78 is 12.3. The summed E-state index contributed by atoms with van der Waals surface area (Å²) in [6.45, 7) is 5.00. The van der Waals surface area contributed by atoms with Crippen LogP contribution >= 0.6 is 23.1 Å². The lowest BCUT2D eigenvalue weighted by atomic mass is 10.1. The Morgan fingerprint density at radius 2 is 2.42 bits per heavy atom. The predicted octanol–water partition coefficient (Wildman–Crippen LogP) is 2.67. The maximum absolute atomic E-state index is 12.0. The Hall–Kier alpha value is -1.80. The van der Waals surface area contributed by atoms with Crippen molar-refractivity contribution in [3.8, 4) is 11.5 Å². The molecule has 1 atom stereocenters. The molecule has 128 valence electrons. The van der Waals surface area contributed by atoms with Crippen LogP contribution in [0.15, 0.2) is 22.0 Å². The van der Waals surface area contributed by atoms with Crippen molar-refractivity contribution < 1.29 is 14.3 Å². The van der Waals surface area contributed by atoms with Gasteiger partial charge in [-0.3, -0.25) is 4.79 Å². The standard InChI is InChI=1S/C16H19N3O3S2/c1-3-21-13-5-11-4-10(2)22-14(11)6-12(13)7-17-15(20)8-23-16-19-18-9-24-16/h5-6,9-10H,3-4,7-8H2,1-2H3,(H,17,20)/t10-/m1/s1. The number of nitrogens with zero attached hydrogens (tertiary/aromatic N) is 2. The van der Waals surface area contributed by atoms with Crippen LogP contribution in [0.1, 0.15) is 25.0 Å². The monoisotopic (exact) mass is 365 g/mol. The van der Waals surface area contributed by atoms with Gasteiger partial charge in [0, 0.05) is 24.1 Å². The molecule has 1 aromatic carbocycles. The van der Waals surface area contributed by atoms with E-state index in [-0.39, 0.29) is 12.0 Å². The third-order valence-corrected chi connectivity index (χ3v) is 5.38. The van der Waals surface area contributed by atoms with Crippen molar-refractivity contribution >= 4 is 29.0 Å². The van der Waals surface area contributed by atoms with Crippen molar-refractivity contribution in [2.75, 3.05) is 12.4 Å². The number of hydrogen-bond acceptors (Lipinski definition) is 7. The zero-order valence-electron chi connectivity index (χ0n) is 13.6. The minimum atomic E-state index is -0.0487. The molecule has 0 spiro atoms. The zero-order valence-corrected chi connectivity index (χ0v) is 15.2. The van der Waals surface area contributed by atoms with E-state index in [0.29, 0.717) is 18.9 Å². The molecular formula is C16H19N3O3S2. The van der Waals surface area contributed by atoms with Gasteiger partial charge < -0.3 is 14.8 Å². The Labute approximate surface area is 149 Å². The van der Waals surface area contributed by atoms with Gasteiger partial charge in [-0.25, -0.2) is 0 Å².